The minimum atomic E-state index is 0.366. The Balaban J connectivity index is 1.58. The van der Waals surface area contributed by atoms with E-state index in [0.29, 0.717) is 18.4 Å². The van der Waals surface area contributed by atoms with Gasteiger partial charge in [0.05, 0.1) is 0 Å². The fourth-order valence-corrected chi connectivity index (χ4v) is 3.67. The highest BCUT2D eigenvalue weighted by atomic mass is 32.2. The van der Waals surface area contributed by atoms with Gasteiger partial charge in [0.15, 0.2) is 0 Å². The second-order valence-electron chi connectivity index (χ2n) is 5.35. The minimum absolute atomic E-state index is 0.366. The summed E-state index contributed by atoms with van der Waals surface area (Å²) in [7, 11) is 0. The van der Waals surface area contributed by atoms with Gasteiger partial charge >= 0.3 is 0 Å². The van der Waals surface area contributed by atoms with Crippen molar-refractivity contribution in [3.8, 4) is 0 Å². The van der Waals surface area contributed by atoms with E-state index in [-0.39, 0.29) is 0 Å². The van der Waals surface area contributed by atoms with Gasteiger partial charge in [-0.1, -0.05) is 31.0 Å². The van der Waals surface area contributed by atoms with Crippen LogP contribution in [0.4, 0.5) is 0 Å². The lowest BCUT2D eigenvalue weighted by Gasteiger charge is -2.30. The summed E-state index contributed by atoms with van der Waals surface area (Å²) in [5.74, 6) is 2.32. The molecule has 1 aromatic rings. The highest BCUT2D eigenvalue weighted by Gasteiger charge is 2.23. The molecule has 0 bridgehead atoms. The molecule has 1 saturated carbocycles. The predicted octanol–water partition coefficient (Wildman–Crippen LogP) is 3.17. The summed E-state index contributed by atoms with van der Waals surface area (Å²) in [6.07, 6.45) is 5.12. The third-order valence-electron chi connectivity index (χ3n) is 4.00. The molecule has 0 aliphatic heterocycles. The van der Waals surface area contributed by atoms with E-state index in [1.165, 1.54) is 30.6 Å². The van der Waals surface area contributed by atoms with Gasteiger partial charge in [0.25, 0.3) is 0 Å². The summed E-state index contributed by atoms with van der Waals surface area (Å²) in [4.78, 5) is 1.34. The van der Waals surface area contributed by atoms with Crippen LogP contribution < -0.4 is 5.32 Å². The van der Waals surface area contributed by atoms with Crippen molar-refractivity contribution in [3.05, 3.63) is 30.3 Å². The molecule has 1 aliphatic carbocycles. The third-order valence-corrected chi connectivity index (χ3v) is 5.01. The van der Waals surface area contributed by atoms with Crippen LogP contribution in [0.15, 0.2) is 35.2 Å². The van der Waals surface area contributed by atoms with Crippen LogP contribution >= 0.6 is 11.8 Å². The smallest absolute Gasteiger partial charge is 0.0462 e. The van der Waals surface area contributed by atoms with Crippen molar-refractivity contribution in [3.63, 3.8) is 0 Å². The molecule has 0 saturated heterocycles. The van der Waals surface area contributed by atoms with Crippen molar-refractivity contribution in [2.24, 2.45) is 11.8 Å². The largest absolute Gasteiger partial charge is 0.396 e. The highest BCUT2D eigenvalue weighted by Crippen LogP contribution is 2.29. The average Bonchev–Trinajstić information content (AvgIpc) is 2.48. The van der Waals surface area contributed by atoms with Crippen molar-refractivity contribution < 1.29 is 5.11 Å². The molecular formula is C16H25NOS. The van der Waals surface area contributed by atoms with E-state index in [2.05, 4.69) is 35.6 Å². The van der Waals surface area contributed by atoms with Gasteiger partial charge in [-0.2, -0.15) is 0 Å². The first-order valence-corrected chi connectivity index (χ1v) is 8.38. The Bertz CT molecular complexity index is 344. The fraction of sp³-hybridized carbons (Fsp3) is 0.625. The van der Waals surface area contributed by atoms with Crippen LogP contribution in [0, 0.1) is 11.8 Å². The Labute approximate surface area is 121 Å². The number of rotatable bonds is 7. The standard InChI is InChI=1S/C16H25NOS/c18-13-15-7-5-4-6-14(15)12-17-10-11-19-16-8-2-1-3-9-16/h1-3,8-9,14-15,17-18H,4-7,10-13H2. The maximum Gasteiger partial charge on any atom is 0.0462 e. The quantitative estimate of drug-likeness (QED) is 0.594. The maximum atomic E-state index is 9.38. The highest BCUT2D eigenvalue weighted by molar-refractivity contribution is 7.99. The Morgan fingerprint density at radius 2 is 1.84 bits per heavy atom. The first-order valence-electron chi connectivity index (χ1n) is 7.39. The van der Waals surface area contributed by atoms with E-state index in [4.69, 9.17) is 0 Å². The lowest BCUT2D eigenvalue weighted by molar-refractivity contribution is 0.133. The van der Waals surface area contributed by atoms with Gasteiger partial charge in [0, 0.05) is 23.8 Å². The number of nitrogens with one attached hydrogen (secondary N) is 1. The summed E-state index contributed by atoms with van der Waals surface area (Å²) in [5.41, 5.74) is 0. The zero-order valence-electron chi connectivity index (χ0n) is 11.6. The van der Waals surface area contributed by atoms with Gasteiger partial charge in [-0.3, -0.25) is 0 Å². The van der Waals surface area contributed by atoms with Crippen molar-refractivity contribution >= 4 is 11.8 Å². The molecule has 2 N–H and O–H groups in total. The zero-order chi connectivity index (χ0) is 13.3. The lowest BCUT2D eigenvalue weighted by atomic mass is 9.80. The molecule has 1 aliphatic rings. The number of aliphatic hydroxyl groups excluding tert-OH is 1. The van der Waals surface area contributed by atoms with E-state index < -0.39 is 0 Å². The normalized spacial score (nSPS) is 23.4. The van der Waals surface area contributed by atoms with Crippen molar-refractivity contribution in [2.75, 3.05) is 25.4 Å². The van der Waals surface area contributed by atoms with Crippen LogP contribution in [0.25, 0.3) is 0 Å². The van der Waals surface area contributed by atoms with Gasteiger partial charge in [0.1, 0.15) is 0 Å². The first-order chi connectivity index (χ1) is 9.40. The van der Waals surface area contributed by atoms with Crippen molar-refractivity contribution in [2.45, 2.75) is 30.6 Å². The first kappa shape index (κ1) is 14.9. The number of thioether (sulfide) groups is 1. The Kier molecular flexibility index (Phi) is 6.75. The Hall–Kier alpha value is -0.510. The Morgan fingerprint density at radius 3 is 2.58 bits per heavy atom. The van der Waals surface area contributed by atoms with Gasteiger partial charge in [-0.15, -0.1) is 11.8 Å². The van der Waals surface area contributed by atoms with E-state index in [1.54, 1.807) is 0 Å². The second-order valence-corrected chi connectivity index (χ2v) is 6.52. The van der Waals surface area contributed by atoms with Gasteiger partial charge in [0.2, 0.25) is 0 Å². The van der Waals surface area contributed by atoms with Crippen molar-refractivity contribution in [1.82, 2.24) is 5.32 Å². The summed E-state index contributed by atoms with van der Waals surface area (Å²) >= 11 is 1.90. The summed E-state index contributed by atoms with van der Waals surface area (Å²) in [6.45, 7) is 2.49. The molecule has 19 heavy (non-hydrogen) atoms. The molecule has 0 amide bonds. The minimum Gasteiger partial charge on any atom is -0.396 e. The van der Waals surface area contributed by atoms with Gasteiger partial charge in [-0.25, -0.2) is 0 Å². The van der Waals surface area contributed by atoms with E-state index in [9.17, 15) is 5.11 Å². The van der Waals surface area contributed by atoms with E-state index in [1.807, 2.05) is 11.8 Å². The summed E-state index contributed by atoms with van der Waals surface area (Å²) < 4.78 is 0. The molecule has 0 aromatic heterocycles. The summed E-state index contributed by atoms with van der Waals surface area (Å²) in [6, 6.07) is 10.6. The van der Waals surface area contributed by atoms with Crippen LogP contribution in [-0.4, -0.2) is 30.6 Å². The van der Waals surface area contributed by atoms with Crippen LogP contribution in [0.1, 0.15) is 25.7 Å². The van der Waals surface area contributed by atoms with Crippen LogP contribution in [0.2, 0.25) is 0 Å². The van der Waals surface area contributed by atoms with Crippen LogP contribution in [-0.2, 0) is 0 Å². The number of hydrogen-bond acceptors (Lipinski definition) is 3. The van der Waals surface area contributed by atoms with E-state index >= 15 is 0 Å². The monoisotopic (exact) mass is 279 g/mol. The van der Waals surface area contributed by atoms with Gasteiger partial charge in [-0.05, 0) is 43.4 Å². The molecule has 2 nitrogen and oxygen atoms in total. The molecule has 106 valence electrons. The molecule has 1 fully saturated rings. The maximum absolute atomic E-state index is 9.38. The molecule has 2 atom stereocenters. The zero-order valence-corrected chi connectivity index (χ0v) is 12.4. The number of aliphatic hydroxyl groups is 1. The molecule has 0 heterocycles. The lowest BCUT2D eigenvalue weighted by Crippen LogP contribution is -2.33. The Morgan fingerprint density at radius 1 is 1.11 bits per heavy atom. The molecule has 2 unspecified atom stereocenters. The molecule has 0 spiro atoms. The third kappa shape index (κ3) is 5.17. The molecule has 3 heteroatoms. The van der Waals surface area contributed by atoms with Gasteiger partial charge < -0.3 is 10.4 Å². The molecule has 2 rings (SSSR count). The average molecular weight is 279 g/mol. The molecule has 0 radical (unpaired) electrons. The van der Waals surface area contributed by atoms with Crippen molar-refractivity contribution in [1.29, 1.82) is 0 Å². The van der Waals surface area contributed by atoms with Crippen LogP contribution in [0.3, 0.4) is 0 Å². The molecule has 1 aromatic carbocycles. The van der Waals surface area contributed by atoms with E-state index in [0.717, 1.165) is 18.8 Å². The predicted molar refractivity (Wildman–Crippen MR) is 82.6 cm³/mol. The number of hydrogen-bond donors (Lipinski definition) is 2. The number of benzene rings is 1. The SMILES string of the molecule is OCC1CCCCC1CNCCSc1ccccc1. The molecular weight excluding hydrogens is 254 g/mol. The fourth-order valence-electron chi connectivity index (χ4n) is 2.84. The topological polar surface area (TPSA) is 32.3 Å². The second kappa shape index (κ2) is 8.62. The summed E-state index contributed by atoms with van der Waals surface area (Å²) in [5, 5.41) is 12.9. The van der Waals surface area contributed by atoms with Crippen LogP contribution in [0.5, 0.6) is 0 Å².